The van der Waals surface area contributed by atoms with Crippen LogP contribution in [0.5, 0.6) is 17.2 Å². The summed E-state index contributed by atoms with van der Waals surface area (Å²) in [5, 5.41) is 0. The highest BCUT2D eigenvalue weighted by Crippen LogP contribution is 2.28. The third-order valence-electron chi connectivity index (χ3n) is 7.01. The van der Waals surface area contributed by atoms with Gasteiger partial charge in [0.25, 0.3) is 0 Å². The van der Waals surface area contributed by atoms with Crippen molar-refractivity contribution in [3.05, 3.63) is 53.1 Å². The van der Waals surface area contributed by atoms with E-state index in [1.54, 1.807) is 21.3 Å². The van der Waals surface area contributed by atoms with Crippen molar-refractivity contribution in [1.82, 2.24) is 9.80 Å². The molecule has 0 bridgehead atoms. The quantitative estimate of drug-likeness (QED) is 0.613. The molecule has 0 aromatic heterocycles. The van der Waals surface area contributed by atoms with Crippen LogP contribution in [0.1, 0.15) is 29.5 Å². The molecule has 2 aliphatic heterocycles. The van der Waals surface area contributed by atoms with Crippen LogP contribution in [0.3, 0.4) is 0 Å². The minimum Gasteiger partial charge on any atom is -0.497 e. The Hall–Kier alpha value is -2.73. The average molecular weight is 453 g/mol. The normalized spacial score (nSPS) is 19.1. The van der Waals surface area contributed by atoms with Gasteiger partial charge in [-0.15, -0.1) is 0 Å². The molecule has 0 spiro atoms. The van der Waals surface area contributed by atoms with E-state index in [2.05, 4.69) is 28.0 Å². The van der Waals surface area contributed by atoms with Gasteiger partial charge in [0.15, 0.2) is 11.5 Å². The van der Waals surface area contributed by atoms with Gasteiger partial charge in [-0.3, -0.25) is 4.79 Å². The molecule has 2 aliphatic rings. The lowest BCUT2D eigenvalue weighted by Gasteiger charge is -2.35. The molecular formula is C27H36N2O4. The Morgan fingerprint density at radius 1 is 0.939 bits per heavy atom. The Morgan fingerprint density at radius 2 is 1.79 bits per heavy atom. The van der Waals surface area contributed by atoms with Gasteiger partial charge in [-0.05, 0) is 79.1 Å². The fraction of sp³-hybridized carbons (Fsp3) is 0.519. The van der Waals surface area contributed by atoms with E-state index in [-0.39, 0.29) is 5.91 Å². The van der Waals surface area contributed by atoms with E-state index >= 15 is 0 Å². The summed E-state index contributed by atoms with van der Waals surface area (Å²) in [6.07, 6.45) is 4.75. The van der Waals surface area contributed by atoms with Gasteiger partial charge in [0, 0.05) is 26.2 Å². The molecule has 1 unspecified atom stereocenters. The van der Waals surface area contributed by atoms with Gasteiger partial charge in [-0.25, -0.2) is 0 Å². The minimum absolute atomic E-state index is 0.251. The number of nitrogens with zero attached hydrogens (tertiary/aromatic N) is 2. The molecule has 6 nitrogen and oxygen atoms in total. The summed E-state index contributed by atoms with van der Waals surface area (Å²) in [6.45, 7) is 4.85. The third kappa shape index (κ3) is 5.80. The molecular weight excluding hydrogens is 416 g/mol. The second kappa shape index (κ2) is 10.9. The number of carbonyl (C=O) groups excluding carboxylic acids is 1. The first-order chi connectivity index (χ1) is 16.1. The lowest BCUT2D eigenvalue weighted by molar-refractivity contribution is -0.131. The van der Waals surface area contributed by atoms with Crippen LogP contribution in [0.25, 0.3) is 0 Å². The van der Waals surface area contributed by atoms with Gasteiger partial charge in [-0.2, -0.15) is 0 Å². The zero-order valence-corrected chi connectivity index (χ0v) is 20.1. The van der Waals surface area contributed by atoms with Crippen molar-refractivity contribution < 1.29 is 19.0 Å². The molecule has 0 N–H and O–H groups in total. The van der Waals surface area contributed by atoms with Crippen LogP contribution in [0, 0.1) is 5.92 Å². The molecule has 6 heteroatoms. The summed E-state index contributed by atoms with van der Waals surface area (Å²) < 4.78 is 16.2. The number of hydrogen-bond acceptors (Lipinski definition) is 5. The molecule has 1 fully saturated rings. The zero-order valence-electron chi connectivity index (χ0n) is 20.1. The second-order valence-electron chi connectivity index (χ2n) is 9.15. The number of fused-ring (bicyclic) bond motifs is 1. The number of piperidine rings is 1. The third-order valence-corrected chi connectivity index (χ3v) is 7.01. The predicted molar refractivity (Wildman–Crippen MR) is 129 cm³/mol. The largest absolute Gasteiger partial charge is 0.497 e. The molecule has 33 heavy (non-hydrogen) atoms. The van der Waals surface area contributed by atoms with Crippen molar-refractivity contribution in [2.45, 2.75) is 32.1 Å². The van der Waals surface area contributed by atoms with E-state index < -0.39 is 0 Å². The van der Waals surface area contributed by atoms with Crippen molar-refractivity contribution in [3.8, 4) is 17.2 Å². The van der Waals surface area contributed by atoms with Gasteiger partial charge < -0.3 is 24.0 Å². The van der Waals surface area contributed by atoms with Crippen molar-refractivity contribution in [3.63, 3.8) is 0 Å². The average Bonchev–Trinajstić information content (AvgIpc) is 3.00. The van der Waals surface area contributed by atoms with Crippen LogP contribution in [-0.4, -0.2) is 69.8 Å². The van der Waals surface area contributed by atoms with Crippen molar-refractivity contribution in [1.29, 1.82) is 0 Å². The highest BCUT2D eigenvalue weighted by molar-refractivity contribution is 5.80. The fourth-order valence-electron chi connectivity index (χ4n) is 5.12. The number of benzene rings is 2. The van der Waals surface area contributed by atoms with Gasteiger partial charge in [0.05, 0.1) is 27.8 Å². The maximum absolute atomic E-state index is 13.0. The zero-order chi connectivity index (χ0) is 23.2. The number of ether oxygens (including phenoxy) is 3. The van der Waals surface area contributed by atoms with E-state index in [0.717, 1.165) is 68.4 Å². The van der Waals surface area contributed by atoms with Crippen LogP contribution in [0.2, 0.25) is 0 Å². The van der Waals surface area contributed by atoms with E-state index in [0.29, 0.717) is 12.3 Å². The van der Waals surface area contributed by atoms with Crippen LogP contribution in [0.4, 0.5) is 0 Å². The maximum atomic E-state index is 13.0. The Kier molecular flexibility index (Phi) is 7.76. The first-order valence-electron chi connectivity index (χ1n) is 12.0. The predicted octanol–water partition coefficient (Wildman–Crippen LogP) is 3.59. The molecule has 0 saturated carbocycles. The highest BCUT2D eigenvalue weighted by atomic mass is 16.5. The van der Waals surface area contributed by atoms with Crippen LogP contribution >= 0.6 is 0 Å². The molecule has 0 radical (unpaired) electrons. The summed E-state index contributed by atoms with van der Waals surface area (Å²) in [5.41, 5.74) is 3.64. The van der Waals surface area contributed by atoms with Gasteiger partial charge >= 0.3 is 0 Å². The van der Waals surface area contributed by atoms with Crippen molar-refractivity contribution in [2.24, 2.45) is 5.92 Å². The highest BCUT2D eigenvalue weighted by Gasteiger charge is 2.26. The monoisotopic (exact) mass is 452 g/mol. The molecule has 1 atom stereocenters. The molecule has 2 heterocycles. The van der Waals surface area contributed by atoms with E-state index in [4.69, 9.17) is 14.2 Å². The number of rotatable bonds is 8. The Balaban J connectivity index is 1.31. The van der Waals surface area contributed by atoms with Gasteiger partial charge in [0.1, 0.15) is 5.75 Å². The molecule has 4 rings (SSSR count). The first-order valence-corrected chi connectivity index (χ1v) is 12.0. The minimum atomic E-state index is 0.251. The number of likely N-dealkylation sites (tertiary alicyclic amines) is 1. The Morgan fingerprint density at radius 3 is 2.58 bits per heavy atom. The Bertz CT molecular complexity index is 961. The second-order valence-corrected chi connectivity index (χ2v) is 9.15. The molecule has 2 aromatic rings. The lowest BCUT2D eigenvalue weighted by Crippen LogP contribution is -2.44. The molecule has 1 amide bonds. The van der Waals surface area contributed by atoms with E-state index in [1.807, 2.05) is 18.2 Å². The first kappa shape index (κ1) is 23.4. The smallest absolute Gasteiger partial charge is 0.227 e. The molecule has 2 aromatic carbocycles. The number of methoxy groups -OCH3 is 3. The van der Waals surface area contributed by atoms with Crippen molar-refractivity contribution >= 4 is 5.91 Å². The maximum Gasteiger partial charge on any atom is 0.227 e. The summed E-state index contributed by atoms with van der Waals surface area (Å²) in [5.74, 6) is 3.20. The van der Waals surface area contributed by atoms with E-state index in [1.165, 1.54) is 24.0 Å². The summed E-state index contributed by atoms with van der Waals surface area (Å²) in [4.78, 5) is 17.6. The molecule has 1 saturated heterocycles. The number of carbonyl (C=O) groups is 1. The van der Waals surface area contributed by atoms with Crippen molar-refractivity contribution in [2.75, 3.05) is 54.1 Å². The standard InChI is InChI=1S/C27H36N2O4/c1-31-24-8-7-22-17-27(30)29(14-11-23(22)16-24)19-21-5-4-12-28(18-21)13-10-20-6-9-25(32-2)26(15-20)33-3/h6-9,15-16,21H,4-5,10-14,17-19H2,1-3H3. The van der Waals surface area contributed by atoms with Crippen LogP contribution in [0.15, 0.2) is 36.4 Å². The van der Waals surface area contributed by atoms with Crippen LogP contribution < -0.4 is 14.2 Å². The Labute approximate surface area is 197 Å². The molecule has 178 valence electrons. The SMILES string of the molecule is COc1ccc2c(c1)CCN(CC1CCCN(CCc3ccc(OC)c(OC)c3)C1)C(=O)C2. The van der Waals surface area contributed by atoms with Crippen LogP contribution in [-0.2, 0) is 24.1 Å². The van der Waals surface area contributed by atoms with Gasteiger partial charge in [-0.1, -0.05) is 12.1 Å². The van der Waals surface area contributed by atoms with E-state index in [9.17, 15) is 4.79 Å². The fourth-order valence-corrected chi connectivity index (χ4v) is 5.12. The number of amides is 1. The number of hydrogen-bond donors (Lipinski definition) is 0. The summed E-state index contributed by atoms with van der Waals surface area (Å²) in [6, 6.07) is 12.3. The lowest BCUT2D eigenvalue weighted by atomic mass is 9.96. The topological polar surface area (TPSA) is 51.2 Å². The summed E-state index contributed by atoms with van der Waals surface area (Å²) in [7, 11) is 5.03. The molecule has 0 aliphatic carbocycles. The summed E-state index contributed by atoms with van der Waals surface area (Å²) >= 11 is 0. The van der Waals surface area contributed by atoms with Gasteiger partial charge in [0.2, 0.25) is 5.91 Å².